The lowest BCUT2D eigenvalue weighted by Gasteiger charge is -2.14. The second-order valence-electron chi connectivity index (χ2n) is 6.97. The van der Waals surface area contributed by atoms with Gasteiger partial charge in [0.1, 0.15) is 5.75 Å². The maximum absolute atomic E-state index is 12.6. The number of anilines is 2. The minimum Gasteiger partial charge on any atom is -0.427 e. The molecule has 0 spiro atoms. The molecule has 0 saturated heterocycles. The largest absolute Gasteiger partial charge is 0.427 e. The number of para-hydroxylation sites is 2. The van der Waals surface area contributed by atoms with Crippen molar-refractivity contribution in [2.45, 2.75) is 39.0 Å². The maximum Gasteiger partial charge on any atom is 0.308 e. The highest BCUT2D eigenvalue weighted by atomic mass is 16.5. The average Bonchev–Trinajstić information content (AvgIpc) is 2.70. The van der Waals surface area contributed by atoms with Gasteiger partial charge in [-0.1, -0.05) is 30.2 Å². The van der Waals surface area contributed by atoms with Crippen molar-refractivity contribution in [2.75, 3.05) is 10.6 Å². The van der Waals surface area contributed by atoms with Gasteiger partial charge in [-0.05, 0) is 56.0 Å². The smallest absolute Gasteiger partial charge is 0.308 e. The van der Waals surface area contributed by atoms with Gasteiger partial charge in [0.2, 0.25) is 5.91 Å². The second kappa shape index (κ2) is 9.68. The molecule has 0 atom stereocenters. The van der Waals surface area contributed by atoms with Crippen LogP contribution >= 0.6 is 0 Å². The third-order valence-corrected chi connectivity index (χ3v) is 4.62. The zero-order valence-corrected chi connectivity index (χ0v) is 16.4. The van der Waals surface area contributed by atoms with Crippen LogP contribution in [0.2, 0.25) is 0 Å². The van der Waals surface area contributed by atoms with E-state index in [1.807, 2.05) is 0 Å². The lowest BCUT2D eigenvalue weighted by Crippen LogP contribution is -2.16. The normalized spacial score (nSPS) is 13.3. The van der Waals surface area contributed by atoms with Crippen molar-refractivity contribution in [1.82, 2.24) is 0 Å². The lowest BCUT2D eigenvalue weighted by molar-refractivity contribution is -0.131. The Labute approximate surface area is 170 Å². The van der Waals surface area contributed by atoms with E-state index in [0.29, 0.717) is 22.7 Å². The van der Waals surface area contributed by atoms with Crippen molar-refractivity contribution in [1.29, 1.82) is 0 Å². The molecular weight excluding hydrogens is 368 g/mol. The fourth-order valence-electron chi connectivity index (χ4n) is 3.27. The van der Waals surface area contributed by atoms with Crippen LogP contribution in [0.1, 0.15) is 49.4 Å². The third-order valence-electron chi connectivity index (χ3n) is 4.62. The minimum atomic E-state index is -0.456. The van der Waals surface area contributed by atoms with E-state index < -0.39 is 5.97 Å². The number of amides is 2. The summed E-state index contributed by atoms with van der Waals surface area (Å²) in [5, 5.41) is 5.65. The fourth-order valence-corrected chi connectivity index (χ4v) is 3.27. The summed E-state index contributed by atoms with van der Waals surface area (Å²) in [5.74, 6) is -0.722. The summed E-state index contributed by atoms with van der Waals surface area (Å²) in [7, 11) is 0. The van der Waals surface area contributed by atoms with E-state index in [0.717, 1.165) is 31.3 Å². The Bertz CT molecular complexity index is 941. The monoisotopic (exact) mass is 392 g/mol. The third kappa shape index (κ3) is 6.04. The fraction of sp³-hybridized carbons (Fsp3) is 0.261. The number of hydrogen-bond donors (Lipinski definition) is 2. The Morgan fingerprint density at radius 2 is 1.59 bits per heavy atom. The van der Waals surface area contributed by atoms with Crippen LogP contribution in [0.4, 0.5) is 11.4 Å². The Kier molecular flexibility index (Phi) is 6.79. The molecule has 2 aromatic rings. The number of ether oxygens (including phenoxy) is 1. The van der Waals surface area contributed by atoms with Crippen molar-refractivity contribution in [3.8, 4) is 5.75 Å². The quantitative estimate of drug-likeness (QED) is 0.439. The molecule has 3 rings (SSSR count). The molecular formula is C23H24N2O4. The standard InChI is InChI=1S/C23H24N2O4/c1-16(26)29-19-11-7-10-18(15-19)23(28)25-21-13-6-5-12-20(21)24-22(27)14-17-8-3-2-4-9-17/h5-7,10-15H,2-4,8-9H2,1H3,(H,24,27)(H,25,28). The number of hydrogen-bond acceptors (Lipinski definition) is 4. The van der Waals surface area contributed by atoms with Gasteiger partial charge < -0.3 is 15.4 Å². The van der Waals surface area contributed by atoms with Gasteiger partial charge in [-0.2, -0.15) is 0 Å². The maximum atomic E-state index is 12.6. The Morgan fingerprint density at radius 3 is 2.28 bits per heavy atom. The molecule has 0 aliphatic heterocycles. The first kappa shape index (κ1) is 20.3. The summed E-state index contributed by atoms with van der Waals surface area (Å²) in [4.78, 5) is 36.1. The van der Waals surface area contributed by atoms with E-state index in [1.165, 1.54) is 19.4 Å². The van der Waals surface area contributed by atoms with Crippen LogP contribution in [0.5, 0.6) is 5.75 Å². The van der Waals surface area contributed by atoms with Crippen LogP contribution in [0, 0.1) is 0 Å². The predicted molar refractivity (Wildman–Crippen MR) is 112 cm³/mol. The molecule has 1 saturated carbocycles. The molecule has 1 aliphatic rings. The van der Waals surface area contributed by atoms with E-state index in [1.54, 1.807) is 48.5 Å². The Morgan fingerprint density at radius 1 is 0.897 bits per heavy atom. The molecule has 0 heterocycles. The summed E-state index contributed by atoms with van der Waals surface area (Å²) < 4.78 is 5.02. The van der Waals surface area contributed by atoms with Crippen molar-refractivity contribution in [3.63, 3.8) is 0 Å². The minimum absolute atomic E-state index is 0.194. The summed E-state index contributed by atoms with van der Waals surface area (Å²) in [6.45, 7) is 1.30. The molecule has 1 aliphatic carbocycles. The van der Waals surface area contributed by atoms with Gasteiger partial charge in [0.05, 0.1) is 11.4 Å². The van der Waals surface area contributed by atoms with Crippen LogP contribution < -0.4 is 15.4 Å². The molecule has 0 bridgehead atoms. The Balaban J connectivity index is 1.71. The molecule has 6 nitrogen and oxygen atoms in total. The Hall–Kier alpha value is -3.41. The number of nitrogens with one attached hydrogen (secondary N) is 2. The molecule has 29 heavy (non-hydrogen) atoms. The van der Waals surface area contributed by atoms with E-state index in [2.05, 4.69) is 10.6 Å². The number of carbonyl (C=O) groups excluding carboxylic acids is 3. The second-order valence-corrected chi connectivity index (χ2v) is 6.97. The van der Waals surface area contributed by atoms with Crippen molar-refractivity contribution in [2.24, 2.45) is 0 Å². The zero-order valence-electron chi connectivity index (χ0n) is 16.4. The molecule has 0 unspecified atom stereocenters. The van der Waals surface area contributed by atoms with Crippen LogP contribution in [-0.2, 0) is 9.59 Å². The average molecular weight is 392 g/mol. The molecule has 1 fully saturated rings. The number of esters is 1. The van der Waals surface area contributed by atoms with Gasteiger partial charge in [0, 0.05) is 18.6 Å². The first-order valence-corrected chi connectivity index (χ1v) is 9.70. The SMILES string of the molecule is CC(=O)Oc1cccc(C(=O)Nc2ccccc2NC(=O)C=C2CCCCC2)c1. The van der Waals surface area contributed by atoms with Gasteiger partial charge in [0.25, 0.3) is 5.91 Å². The first-order chi connectivity index (χ1) is 14.0. The summed E-state index contributed by atoms with van der Waals surface area (Å²) in [6, 6.07) is 13.4. The zero-order chi connectivity index (χ0) is 20.6. The summed E-state index contributed by atoms with van der Waals surface area (Å²) in [6.07, 6.45) is 7.05. The number of allylic oxidation sites excluding steroid dienone is 1. The molecule has 0 aromatic heterocycles. The van der Waals surface area contributed by atoms with Gasteiger partial charge in [0.15, 0.2) is 0 Å². The van der Waals surface area contributed by atoms with Crippen molar-refractivity contribution >= 4 is 29.2 Å². The van der Waals surface area contributed by atoms with E-state index >= 15 is 0 Å². The van der Waals surface area contributed by atoms with Crippen LogP contribution in [0.25, 0.3) is 0 Å². The van der Waals surface area contributed by atoms with Gasteiger partial charge in [-0.3, -0.25) is 14.4 Å². The molecule has 2 aromatic carbocycles. The molecule has 2 N–H and O–H groups in total. The van der Waals surface area contributed by atoms with E-state index in [9.17, 15) is 14.4 Å². The topological polar surface area (TPSA) is 84.5 Å². The van der Waals surface area contributed by atoms with E-state index in [4.69, 9.17) is 4.74 Å². The van der Waals surface area contributed by atoms with Gasteiger partial charge in [-0.15, -0.1) is 0 Å². The van der Waals surface area contributed by atoms with Crippen LogP contribution in [-0.4, -0.2) is 17.8 Å². The van der Waals surface area contributed by atoms with Crippen molar-refractivity contribution < 1.29 is 19.1 Å². The highest BCUT2D eigenvalue weighted by Crippen LogP contribution is 2.25. The summed E-state index contributed by atoms with van der Waals surface area (Å²) in [5.41, 5.74) is 2.52. The first-order valence-electron chi connectivity index (χ1n) is 9.70. The number of carbonyl (C=O) groups is 3. The molecule has 2 amide bonds. The molecule has 6 heteroatoms. The lowest BCUT2D eigenvalue weighted by atomic mass is 9.94. The van der Waals surface area contributed by atoms with Crippen molar-refractivity contribution in [3.05, 3.63) is 65.7 Å². The highest BCUT2D eigenvalue weighted by Gasteiger charge is 2.13. The van der Waals surface area contributed by atoms with Gasteiger partial charge >= 0.3 is 5.97 Å². The highest BCUT2D eigenvalue weighted by molar-refractivity contribution is 6.08. The molecule has 0 radical (unpaired) electrons. The molecule has 150 valence electrons. The van der Waals surface area contributed by atoms with Crippen LogP contribution in [0.15, 0.2) is 60.2 Å². The number of benzene rings is 2. The van der Waals surface area contributed by atoms with Crippen LogP contribution in [0.3, 0.4) is 0 Å². The van der Waals surface area contributed by atoms with Gasteiger partial charge in [-0.25, -0.2) is 0 Å². The summed E-state index contributed by atoms with van der Waals surface area (Å²) >= 11 is 0. The predicted octanol–water partition coefficient (Wildman–Crippen LogP) is 4.69. The van der Waals surface area contributed by atoms with E-state index in [-0.39, 0.29) is 11.8 Å². The number of rotatable bonds is 5.